The summed E-state index contributed by atoms with van der Waals surface area (Å²) < 4.78 is 68.7. The Balaban J connectivity index is 1.58. The number of hydrogen-bond donors (Lipinski definition) is 0. The summed E-state index contributed by atoms with van der Waals surface area (Å²) in [6, 6.07) is 28.9. The maximum absolute atomic E-state index is 12.8. The highest BCUT2D eigenvalue weighted by Crippen LogP contribution is 2.41. The van der Waals surface area contributed by atoms with Crippen LogP contribution in [0.25, 0.3) is 0 Å². The van der Waals surface area contributed by atoms with E-state index in [1.807, 2.05) is 91.0 Å². The van der Waals surface area contributed by atoms with Crippen LogP contribution in [0.4, 0.5) is 0 Å². The quantitative estimate of drug-likeness (QED) is 0.0831. The number of rotatable bonds is 20. The fourth-order valence-electron chi connectivity index (χ4n) is 7.09. The third-order valence-electron chi connectivity index (χ3n) is 9.80. The van der Waals surface area contributed by atoms with Crippen molar-refractivity contribution < 1.29 is 66.5 Å². The first-order valence-corrected chi connectivity index (χ1v) is 19.2. The Morgan fingerprint density at radius 1 is 0.655 bits per heavy atom. The van der Waals surface area contributed by atoms with Crippen LogP contribution in [0.5, 0.6) is 0 Å². The van der Waals surface area contributed by atoms with Crippen LogP contribution >= 0.6 is 0 Å². The van der Waals surface area contributed by atoms with Crippen molar-refractivity contribution in [2.45, 2.75) is 108 Å². The van der Waals surface area contributed by atoms with Crippen molar-refractivity contribution in [3.05, 3.63) is 120 Å². The maximum atomic E-state index is 12.8. The third-order valence-corrected chi connectivity index (χ3v) is 9.80. The number of benzene rings is 3. The molecule has 2 fully saturated rings. The Hall–Kier alpha value is -4.51. The molecular formula is C44H54O14. The Morgan fingerprint density at radius 3 is 1.71 bits per heavy atom. The number of hydrogen-bond acceptors (Lipinski definition) is 14. The van der Waals surface area contributed by atoms with Gasteiger partial charge in [-0.1, -0.05) is 97.1 Å². The molecule has 2 aliphatic rings. The van der Waals surface area contributed by atoms with E-state index in [0.29, 0.717) is 0 Å². The average Bonchev–Trinajstić information content (AvgIpc) is 3.22. The largest absolute Gasteiger partial charge is 0.466 e. The highest BCUT2D eigenvalue weighted by Gasteiger charge is 2.60. The summed E-state index contributed by atoms with van der Waals surface area (Å²) >= 11 is 0. The molecule has 2 heterocycles. The van der Waals surface area contributed by atoms with Gasteiger partial charge >= 0.3 is 17.9 Å². The zero-order valence-corrected chi connectivity index (χ0v) is 33.6. The summed E-state index contributed by atoms with van der Waals surface area (Å²) in [5.74, 6) is -1.87. The molecule has 2 aliphatic heterocycles. The first kappa shape index (κ1) is 44.6. The Morgan fingerprint density at radius 2 is 1.21 bits per heavy atom. The molecule has 0 radical (unpaired) electrons. The molecule has 3 aromatic rings. The van der Waals surface area contributed by atoms with Gasteiger partial charge in [0.05, 0.1) is 33.0 Å². The van der Waals surface area contributed by atoms with Crippen LogP contribution in [0, 0.1) is 0 Å². The summed E-state index contributed by atoms with van der Waals surface area (Å²) in [5.41, 5.74) is 1.15. The standard InChI is InChI=1S/C44H54O14/c1-7-44(23-24-51-29(2)45)41(55-31(4)47)38(48-5)40(54-30(3)46)43(58-44)57-36-35(28-50-25-32-17-11-8-12-18-32)56-42(49-6)39(53-27-34-21-15-10-16-22-34)37(36)52-26-33-19-13-9-14-20-33/h7-22,35-43H,1,23-28H2,2-6H3/t35-,36-,37+,38-,39-,40-,41+,42+,43-,44-/m1/s1. The van der Waals surface area contributed by atoms with E-state index in [1.165, 1.54) is 41.1 Å². The molecule has 0 bridgehead atoms. The van der Waals surface area contributed by atoms with Crippen molar-refractivity contribution in [3.63, 3.8) is 0 Å². The molecule has 0 spiro atoms. The molecule has 3 aromatic carbocycles. The maximum Gasteiger partial charge on any atom is 0.303 e. The summed E-state index contributed by atoms with van der Waals surface area (Å²) in [4.78, 5) is 37.2. The van der Waals surface area contributed by atoms with E-state index in [1.54, 1.807) is 0 Å². The van der Waals surface area contributed by atoms with Gasteiger partial charge in [-0.3, -0.25) is 14.4 Å². The number of carbonyl (C=O) groups excluding carboxylic acids is 3. The molecule has 2 saturated heterocycles. The van der Waals surface area contributed by atoms with Gasteiger partial charge in [-0.25, -0.2) is 0 Å². The monoisotopic (exact) mass is 806 g/mol. The van der Waals surface area contributed by atoms with Crippen LogP contribution in [0.2, 0.25) is 0 Å². The van der Waals surface area contributed by atoms with E-state index in [0.717, 1.165) is 16.7 Å². The molecule has 14 heteroatoms. The SMILES string of the molecule is C=C[C@]1(CCOC(C)=O)O[C@@H](O[C@H]2[C@H](OCc3ccccc3)[C@@H](OCc3ccccc3)[C@@H](OC)O[C@@H]2COCc2ccccc2)[C@H](OC(C)=O)[C@@H](OC)[C@@H]1OC(C)=O. The van der Waals surface area contributed by atoms with E-state index < -0.39 is 78.8 Å². The second-order valence-electron chi connectivity index (χ2n) is 13.9. The first-order valence-electron chi connectivity index (χ1n) is 19.2. The van der Waals surface area contributed by atoms with Gasteiger partial charge in [-0.2, -0.15) is 0 Å². The van der Waals surface area contributed by atoms with Gasteiger partial charge in [0.25, 0.3) is 0 Å². The van der Waals surface area contributed by atoms with Gasteiger partial charge in [0.15, 0.2) is 24.8 Å². The molecule has 5 rings (SSSR count). The van der Waals surface area contributed by atoms with Crippen LogP contribution in [0.3, 0.4) is 0 Å². The predicted molar refractivity (Wildman–Crippen MR) is 208 cm³/mol. The molecule has 0 N–H and O–H groups in total. The van der Waals surface area contributed by atoms with E-state index in [-0.39, 0.29) is 39.5 Å². The van der Waals surface area contributed by atoms with E-state index >= 15 is 0 Å². The summed E-state index contributed by atoms with van der Waals surface area (Å²) in [7, 11) is 2.90. The Bertz CT molecular complexity index is 1730. The molecule has 314 valence electrons. The lowest BCUT2D eigenvalue weighted by Gasteiger charge is -2.52. The van der Waals surface area contributed by atoms with Crippen molar-refractivity contribution in [1.82, 2.24) is 0 Å². The summed E-state index contributed by atoms with van der Waals surface area (Å²) in [6.07, 6.45) is -8.37. The minimum Gasteiger partial charge on any atom is -0.466 e. The molecule has 0 aliphatic carbocycles. The van der Waals surface area contributed by atoms with Crippen LogP contribution in [0.15, 0.2) is 104 Å². The van der Waals surface area contributed by atoms with Gasteiger partial charge in [0, 0.05) is 41.4 Å². The minimum absolute atomic E-state index is 0.00378. The van der Waals surface area contributed by atoms with Crippen LogP contribution in [0.1, 0.15) is 43.9 Å². The smallest absolute Gasteiger partial charge is 0.303 e. The molecule has 0 saturated carbocycles. The summed E-state index contributed by atoms with van der Waals surface area (Å²) in [6.45, 7) is 8.20. The van der Waals surface area contributed by atoms with Gasteiger partial charge in [0.1, 0.15) is 36.1 Å². The van der Waals surface area contributed by atoms with E-state index in [9.17, 15) is 14.4 Å². The lowest BCUT2D eigenvalue weighted by atomic mass is 9.83. The average molecular weight is 807 g/mol. The lowest BCUT2D eigenvalue weighted by molar-refractivity contribution is -0.376. The number of methoxy groups -OCH3 is 2. The molecule has 0 amide bonds. The second kappa shape index (κ2) is 22.0. The second-order valence-corrected chi connectivity index (χ2v) is 13.9. The molecule has 10 atom stereocenters. The van der Waals surface area contributed by atoms with Crippen LogP contribution in [-0.4, -0.2) is 106 Å². The minimum atomic E-state index is -1.57. The zero-order chi connectivity index (χ0) is 41.5. The predicted octanol–water partition coefficient (Wildman–Crippen LogP) is 5.24. The van der Waals surface area contributed by atoms with Gasteiger partial charge in [0.2, 0.25) is 0 Å². The van der Waals surface area contributed by atoms with Gasteiger partial charge in [-0.05, 0) is 16.7 Å². The molecule has 0 aromatic heterocycles. The molecular weight excluding hydrogens is 752 g/mol. The summed E-state index contributed by atoms with van der Waals surface area (Å²) in [5, 5.41) is 0. The van der Waals surface area contributed by atoms with E-state index in [2.05, 4.69) is 6.58 Å². The van der Waals surface area contributed by atoms with Crippen molar-refractivity contribution in [2.75, 3.05) is 27.4 Å². The van der Waals surface area contributed by atoms with Crippen molar-refractivity contribution in [2.24, 2.45) is 0 Å². The van der Waals surface area contributed by atoms with Crippen LogP contribution in [-0.2, 0) is 86.3 Å². The fraction of sp³-hybridized carbons (Fsp3) is 0.477. The normalized spacial score (nSPS) is 28.3. The highest BCUT2D eigenvalue weighted by atomic mass is 16.8. The molecule has 14 nitrogen and oxygen atoms in total. The molecule has 0 unspecified atom stereocenters. The topological polar surface area (TPSA) is 153 Å². The zero-order valence-electron chi connectivity index (χ0n) is 33.6. The third kappa shape index (κ3) is 12.0. The number of carbonyl (C=O) groups is 3. The highest BCUT2D eigenvalue weighted by molar-refractivity contribution is 5.67. The van der Waals surface area contributed by atoms with Gasteiger partial charge < -0.3 is 52.1 Å². The van der Waals surface area contributed by atoms with Crippen molar-refractivity contribution in [3.8, 4) is 0 Å². The van der Waals surface area contributed by atoms with Gasteiger partial charge in [-0.15, -0.1) is 6.58 Å². The molecule has 58 heavy (non-hydrogen) atoms. The Kier molecular flexibility index (Phi) is 16.9. The Labute approximate surface area is 339 Å². The lowest BCUT2D eigenvalue weighted by Crippen LogP contribution is -2.69. The fourth-order valence-corrected chi connectivity index (χ4v) is 7.09. The van der Waals surface area contributed by atoms with Crippen molar-refractivity contribution >= 4 is 17.9 Å². The van der Waals surface area contributed by atoms with E-state index in [4.69, 9.17) is 52.1 Å². The first-order chi connectivity index (χ1) is 28.1. The van der Waals surface area contributed by atoms with Crippen LogP contribution < -0.4 is 0 Å². The number of ether oxygens (including phenoxy) is 11. The van der Waals surface area contributed by atoms with Crippen molar-refractivity contribution in [1.29, 1.82) is 0 Å². The number of esters is 3.